The van der Waals surface area contributed by atoms with E-state index in [0.717, 1.165) is 16.6 Å². The van der Waals surface area contributed by atoms with Crippen LogP contribution in [-0.4, -0.2) is 21.1 Å². The van der Waals surface area contributed by atoms with Crippen LogP contribution in [0.4, 0.5) is 11.4 Å². The third-order valence-electron chi connectivity index (χ3n) is 2.91. The first kappa shape index (κ1) is 12.2. The van der Waals surface area contributed by atoms with E-state index >= 15 is 0 Å². The minimum Gasteiger partial charge on any atom is -0.397 e. The largest absolute Gasteiger partial charge is 0.397 e. The minimum atomic E-state index is -0.124. The molecule has 0 saturated heterocycles. The summed E-state index contributed by atoms with van der Waals surface area (Å²) >= 11 is 0. The molecule has 3 rings (SSSR count). The van der Waals surface area contributed by atoms with Crippen LogP contribution < -0.4 is 11.1 Å². The highest BCUT2D eigenvalue weighted by Crippen LogP contribution is 2.16. The van der Waals surface area contributed by atoms with E-state index in [2.05, 4.69) is 20.5 Å². The van der Waals surface area contributed by atoms with Gasteiger partial charge in [-0.3, -0.25) is 14.9 Å². The Bertz CT molecular complexity index is 748. The van der Waals surface area contributed by atoms with Crippen LogP contribution in [0.25, 0.3) is 10.9 Å². The second-order valence-corrected chi connectivity index (χ2v) is 4.48. The predicted molar refractivity (Wildman–Crippen MR) is 77.1 cm³/mol. The van der Waals surface area contributed by atoms with Gasteiger partial charge in [0.2, 0.25) is 5.91 Å². The first-order chi connectivity index (χ1) is 9.70. The van der Waals surface area contributed by atoms with Crippen molar-refractivity contribution in [2.45, 2.75) is 6.42 Å². The molecule has 3 aromatic rings. The van der Waals surface area contributed by atoms with Crippen LogP contribution in [0.3, 0.4) is 0 Å². The summed E-state index contributed by atoms with van der Waals surface area (Å²) in [5, 5.41) is 10.6. The number of nitrogens with two attached hydrogens (primary N) is 1. The number of hydrogen-bond donors (Lipinski definition) is 3. The number of aromatic amines is 1. The molecule has 6 nitrogen and oxygen atoms in total. The fourth-order valence-electron chi connectivity index (χ4n) is 1.92. The molecule has 6 heteroatoms. The average Bonchev–Trinajstić information content (AvgIpc) is 2.89. The third-order valence-corrected chi connectivity index (χ3v) is 2.91. The fraction of sp³-hybridized carbons (Fsp3) is 0.0714. The highest BCUT2D eigenvalue weighted by atomic mass is 16.1. The minimum absolute atomic E-state index is 0.124. The van der Waals surface area contributed by atoms with Crippen molar-refractivity contribution in [3.63, 3.8) is 0 Å². The molecule has 2 aromatic heterocycles. The number of nitrogen functional groups attached to an aromatic ring is 1. The van der Waals surface area contributed by atoms with Crippen LogP contribution in [-0.2, 0) is 11.2 Å². The normalized spacial score (nSPS) is 10.6. The smallest absolute Gasteiger partial charge is 0.230 e. The lowest BCUT2D eigenvalue weighted by atomic mass is 10.2. The van der Waals surface area contributed by atoms with Crippen molar-refractivity contribution in [3.05, 3.63) is 48.4 Å². The molecule has 0 bridgehead atoms. The van der Waals surface area contributed by atoms with Crippen molar-refractivity contribution in [2.75, 3.05) is 11.1 Å². The molecule has 4 N–H and O–H groups in total. The summed E-state index contributed by atoms with van der Waals surface area (Å²) in [6.07, 6.45) is 3.49. The van der Waals surface area contributed by atoms with Crippen molar-refractivity contribution in [1.29, 1.82) is 0 Å². The van der Waals surface area contributed by atoms with Crippen LogP contribution in [0, 0.1) is 0 Å². The lowest BCUT2D eigenvalue weighted by molar-refractivity contribution is -0.115. The molecule has 0 fully saturated rings. The first-order valence-electron chi connectivity index (χ1n) is 6.14. The van der Waals surface area contributed by atoms with Crippen LogP contribution in [0.5, 0.6) is 0 Å². The standard InChI is InChI=1S/C14H13N5O/c15-10-2-4-11(16-8-10)6-14(20)18-12-3-1-9-7-17-19-13(9)5-12/h1-5,7-8H,6,15H2,(H,17,19)(H,18,20). The third kappa shape index (κ3) is 2.59. The number of carbonyl (C=O) groups excluding carboxylic acids is 1. The highest BCUT2D eigenvalue weighted by molar-refractivity contribution is 5.94. The Morgan fingerprint density at radius 1 is 1.25 bits per heavy atom. The number of benzene rings is 1. The zero-order valence-electron chi connectivity index (χ0n) is 10.6. The molecule has 100 valence electrons. The Morgan fingerprint density at radius 2 is 2.15 bits per heavy atom. The molecular formula is C14H13N5O. The quantitative estimate of drug-likeness (QED) is 0.673. The van der Waals surface area contributed by atoms with Gasteiger partial charge in [0, 0.05) is 16.8 Å². The van der Waals surface area contributed by atoms with Gasteiger partial charge in [-0.15, -0.1) is 0 Å². The molecule has 1 amide bonds. The van der Waals surface area contributed by atoms with Gasteiger partial charge in [0.25, 0.3) is 0 Å². The van der Waals surface area contributed by atoms with Gasteiger partial charge < -0.3 is 11.1 Å². The number of amides is 1. The van der Waals surface area contributed by atoms with Crippen LogP contribution in [0.2, 0.25) is 0 Å². The summed E-state index contributed by atoms with van der Waals surface area (Å²) in [5.74, 6) is -0.124. The maximum atomic E-state index is 11.9. The van der Waals surface area contributed by atoms with Crippen LogP contribution >= 0.6 is 0 Å². The lowest BCUT2D eigenvalue weighted by Crippen LogP contribution is -2.15. The lowest BCUT2D eigenvalue weighted by Gasteiger charge is -2.05. The summed E-state index contributed by atoms with van der Waals surface area (Å²) in [4.78, 5) is 16.0. The summed E-state index contributed by atoms with van der Waals surface area (Å²) in [6, 6.07) is 9.05. The molecule has 0 atom stereocenters. The number of anilines is 2. The zero-order chi connectivity index (χ0) is 13.9. The van der Waals surface area contributed by atoms with Gasteiger partial charge in [-0.25, -0.2) is 0 Å². The summed E-state index contributed by atoms with van der Waals surface area (Å²) in [7, 11) is 0. The number of pyridine rings is 1. The fourth-order valence-corrected chi connectivity index (χ4v) is 1.92. The van der Waals surface area contributed by atoms with Crippen molar-refractivity contribution >= 4 is 28.2 Å². The van der Waals surface area contributed by atoms with Crippen LogP contribution in [0.15, 0.2) is 42.7 Å². The first-order valence-corrected chi connectivity index (χ1v) is 6.14. The average molecular weight is 267 g/mol. The van der Waals surface area contributed by atoms with Gasteiger partial charge in [-0.05, 0) is 30.3 Å². The van der Waals surface area contributed by atoms with E-state index in [1.807, 2.05) is 18.2 Å². The molecule has 0 saturated carbocycles. The molecule has 0 aliphatic rings. The maximum absolute atomic E-state index is 11.9. The number of H-pyrrole nitrogens is 1. The van der Waals surface area contributed by atoms with E-state index in [-0.39, 0.29) is 12.3 Å². The second kappa shape index (κ2) is 5.00. The number of rotatable bonds is 3. The molecule has 0 aliphatic heterocycles. The summed E-state index contributed by atoms with van der Waals surface area (Å²) in [5.41, 5.74) is 8.42. The monoisotopic (exact) mass is 267 g/mol. The Hall–Kier alpha value is -2.89. The highest BCUT2D eigenvalue weighted by Gasteiger charge is 2.06. The van der Waals surface area contributed by atoms with E-state index in [1.54, 1.807) is 24.5 Å². The summed E-state index contributed by atoms with van der Waals surface area (Å²) < 4.78 is 0. The van der Waals surface area contributed by atoms with E-state index in [4.69, 9.17) is 5.73 Å². The molecule has 0 radical (unpaired) electrons. The van der Waals surface area contributed by atoms with Crippen molar-refractivity contribution in [3.8, 4) is 0 Å². The number of aromatic nitrogens is 3. The van der Waals surface area contributed by atoms with Gasteiger partial charge in [0.15, 0.2) is 0 Å². The molecule has 20 heavy (non-hydrogen) atoms. The molecule has 1 aromatic carbocycles. The Morgan fingerprint density at radius 3 is 2.95 bits per heavy atom. The topological polar surface area (TPSA) is 96.7 Å². The van der Waals surface area contributed by atoms with E-state index in [1.165, 1.54) is 0 Å². The van der Waals surface area contributed by atoms with Gasteiger partial charge >= 0.3 is 0 Å². The number of hydrogen-bond acceptors (Lipinski definition) is 4. The number of fused-ring (bicyclic) bond motifs is 1. The van der Waals surface area contributed by atoms with Gasteiger partial charge in [0.1, 0.15) is 0 Å². The maximum Gasteiger partial charge on any atom is 0.230 e. The predicted octanol–water partition coefficient (Wildman–Crippen LogP) is 1.72. The molecule has 0 aliphatic carbocycles. The van der Waals surface area contributed by atoms with Gasteiger partial charge in [0.05, 0.1) is 30.0 Å². The Kier molecular flexibility index (Phi) is 3.04. The second-order valence-electron chi connectivity index (χ2n) is 4.48. The molecular weight excluding hydrogens is 254 g/mol. The zero-order valence-corrected chi connectivity index (χ0v) is 10.6. The molecule has 0 unspecified atom stereocenters. The van der Waals surface area contributed by atoms with Crippen LogP contribution in [0.1, 0.15) is 5.69 Å². The van der Waals surface area contributed by atoms with Crippen molar-refractivity contribution in [1.82, 2.24) is 15.2 Å². The Balaban J connectivity index is 1.70. The van der Waals surface area contributed by atoms with E-state index in [0.29, 0.717) is 11.4 Å². The van der Waals surface area contributed by atoms with Crippen molar-refractivity contribution < 1.29 is 4.79 Å². The number of nitrogens with zero attached hydrogens (tertiary/aromatic N) is 2. The van der Waals surface area contributed by atoms with E-state index in [9.17, 15) is 4.79 Å². The van der Waals surface area contributed by atoms with Gasteiger partial charge in [-0.2, -0.15) is 5.10 Å². The number of nitrogens with one attached hydrogen (secondary N) is 2. The van der Waals surface area contributed by atoms with Crippen molar-refractivity contribution in [2.24, 2.45) is 0 Å². The van der Waals surface area contributed by atoms with Gasteiger partial charge in [-0.1, -0.05) is 0 Å². The molecule has 2 heterocycles. The van der Waals surface area contributed by atoms with E-state index < -0.39 is 0 Å². The number of carbonyl (C=O) groups is 1. The molecule has 0 spiro atoms. The Labute approximate surface area is 115 Å². The SMILES string of the molecule is Nc1ccc(CC(=O)Nc2ccc3cn[nH]c3c2)nc1. The summed E-state index contributed by atoms with van der Waals surface area (Å²) in [6.45, 7) is 0.